The molecule has 2 aromatic rings. The summed E-state index contributed by atoms with van der Waals surface area (Å²) in [5, 5.41) is 0. The van der Waals surface area contributed by atoms with E-state index in [1.54, 1.807) is 6.20 Å². The van der Waals surface area contributed by atoms with Gasteiger partial charge in [0.05, 0.1) is 0 Å². The Bertz CT molecular complexity index is 514. The Morgan fingerprint density at radius 1 is 1.28 bits per heavy atom. The lowest BCUT2D eigenvalue weighted by Crippen LogP contribution is -2.17. The van der Waals surface area contributed by atoms with E-state index in [0.717, 1.165) is 16.8 Å². The lowest BCUT2D eigenvalue weighted by Gasteiger charge is -2.16. The zero-order valence-electron chi connectivity index (χ0n) is 10.7. The molecule has 18 heavy (non-hydrogen) atoms. The van der Waals surface area contributed by atoms with Gasteiger partial charge in [-0.15, -0.1) is 0 Å². The standard InChI is InChI=1S/C15H17FN2/c1-10-7-11(2)15(13(16)8-10)14(17)9-12-5-3-4-6-18-12/h3-8,14H,9,17H2,1-2H3. The van der Waals surface area contributed by atoms with Crippen molar-refractivity contribution in [2.75, 3.05) is 0 Å². The number of nitrogens with two attached hydrogens (primary N) is 1. The first-order valence-electron chi connectivity index (χ1n) is 6.00. The van der Waals surface area contributed by atoms with Gasteiger partial charge in [0.15, 0.2) is 0 Å². The summed E-state index contributed by atoms with van der Waals surface area (Å²) in [7, 11) is 0. The molecule has 0 aliphatic rings. The minimum Gasteiger partial charge on any atom is -0.324 e. The predicted octanol–water partition coefficient (Wildman–Crippen LogP) is 3.08. The van der Waals surface area contributed by atoms with Gasteiger partial charge in [-0.2, -0.15) is 0 Å². The molecule has 2 nitrogen and oxygen atoms in total. The van der Waals surface area contributed by atoms with E-state index in [9.17, 15) is 4.39 Å². The van der Waals surface area contributed by atoms with Crippen LogP contribution in [0.3, 0.4) is 0 Å². The first-order valence-corrected chi connectivity index (χ1v) is 6.00. The van der Waals surface area contributed by atoms with Crippen molar-refractivity contribution >= 4 is 0 Å². The van der Waals surface area contributed by atoms with Gasteiger partial charge in [-0.05, 0) is 43.2 Å². The molecule has 0 aliphatic heterocycles. The highest BCUT2D eigenvalue weighted by molar-refractivity contribution is 5.34. The molecule has 0 radical (unpaired) electrons. The van der Waals surface area contributed by atoms with E-state index in [4.69, 9.17) is 5.73 Å². The Kier molecular flexibility index (Phi) is 3.72. The minimum absolute atomic E-state index is 0.226. The molecule has 3 heteroatoms. The van der Waals surface area contributed by atoms with Gasteiger partial charge < -0.3 is 5.73 Å². The Balaban J connectivity index is 2.27. The normalized spacial score (nSPS) is 12.4. The van der Waals surface area contributed by atoms with Gasteiger partial charge >= 0.3 is 0 Å². The van der Waals surface area contributed by atoms with Gasteiger partial charge in [0.1, 0.15) is 5.82 Å². The quantitative estimate of drug-likeness (QED) is 0.901. The SMILES string of the molecule is Cc1cc(C)c(C(N)Cc2ccccn2)c(F)c1. The van der Waals surface area contributed by atoms with Gasteiger partial charge in [-0.25, -0.2) is 4.39 Å². The molecule has 2 rings (SSSR count). The predicted molar refractivity (Wildman–Crippen MR) is 70.7 cm³/mol. The molecular weight excluding hydrogens is 227 g/mol. The molecule has 1 aromatic carbocycles. The first-order chi connectivity index (χ1) is 8.58. The number of aryl methyl sites for hydroxylation is 2. The number of halogens is 1. The van der Waals surface area contributed by atoms with Crippen LogP contribution >= 0.6 is 0 Å². The van der Waals surface area contributed by atoms with Crippen molar-refractivity contribution in [2.24, 2.45) is 5.73 Å². The van der Waals surface area contributed by atoms with Crippen LogP contribution in [0, 0.1) is 19.7 Å². The van der Waals surface area contributed by atoms with Gasteiger partial charge in [-0.3, -0.25) is 4.98 Å². The molecule has 1 atom stereocenters. The van der Waals surface area contributed by atoms with Crippen LogP contribution in [0.25, 0.3) is 0 Å². The topological polar surface area (TPSA) is 38.9 Å². The summed E-state index contributed by atoms with van der Waals surface area (Å²) in [4.78, 5) is 4.22. The minimum atomic E-state index is -0.361. The highest BCUT2D eigenvalue weighted by atomic mass is 19.1. The van der Waals surface area contributed by atoms with E-state index in [2.05, 4.69) is 4.98 Å². The Morgan fingerprint density at radius 3 is 2.67 bits per heavy atom. The molecule has 1 heterocycles. The Labute approximate surface area is 107 Å². The Morgan fingerprint density at radius 2 is 2.06 bits per heavy atom. The summed E-state index contributed by atoms with van der Waals surface area (Å²) in [5.41, 5.74) is 9.38. The number of benzene rings is 1. The summed E-state index contributed by atoms with van der Waals surface area (Å²) in [6.07, 6.45) is 2.27. The number of aromatic nitrogens is 1. The van der Waals surface area contributed by atoms with Crippen LogP contribution in [0.2, 0.25) is 0 Å². The fourth-order valence-corrected chi connectivity index (χ4v) is 2.24. The van der Waals surface area contributed by atoms with Crippen molar-refractivity contribution in [3.8, 4) is 0 Å². The molecule has 0 aliphatic carbocycles. The maximum Gasteiger partial charge on any atom is 0.128 e. The molecule has 0 amide bonds. The third-order valence-corrected chi connectivity index (χ3v) is 3.01. The largest absolute Gasteiger partial charge is 0.324 e. The van der Waals surface area contributed by atoms with Crippen LogP contribution in [0.15, 0.2) is 36.5 Å². The van der Waals surface area contributed by atoms with Crippen LogP contribution in [0.5, 0.6) is 0 Å². The summed E-state index contributed by atoms with van der Waals surface area (Å²) in [6, 6.07) is 8.79. The molecule has 1 aromatic heterocycles. The number of hydrogen-bond acceptors (Lipinski definition) is 2. The average molecular weight is 244 g/mol. The second kappa shape index (κ2) is 5.27. The van der Waals surface area contributed by atoms with E-state index in [1.165, 1.54) is 6.07 Å². The highest BCUT2D eigenvalue weighted by Gasteiger charge is 2.15. The first kappa shape index (κ1) is 12.7. The fourth-order valence-electron chi connectivity index (χ4n) is 2.24. The van der Waals surface area contributed by atoms with Crippen LogP contribution < -0.4 is 5.73 Å². The molecule has 0 bridgehead atoms. The van der Waals surface area contributed by atoms with Gasteiger partial charge in [0, 0.05) is 29.9 Å². The van der Waals surface area contributed by atoms with Crippen molar-refractivity contribution in [3.05, 3.63) is 64.7 Å². The van der Waals surface area contributed by atoms with Crippen LogP contribution in [0.1, 0.15) is 28.4 Å². The van der Waals surface area contributed by atoms with Crippen molar-refractivity contribution in [1.29, 1.82) is 0 Å². The van der Waals surface area contributed by atoms with Gasteiger partial charge in [0.2, 0.25) is 0 Å². The Hall–Kier alpha value is -1.74. The summed E-state index contributed by atoms with van der Waals surface area (Å²) in [6.45, 7) is 3.77. The van der Waals surface area contributed by atoms with E-state index in [0.29, 0.717) is 12.0 Å². The molecular formula is C15H17FN2. The zero-order valence-corrected chi connectivity index (χ0v) is 10.7. The highest BCUT2D eigenvalue weighted by Crippen LogP contribution is 2.23. The maximum absolute atomic E-state index is 14.0. The van der Waals surface area contributed by atoms with Crippen LogP contribution in [-0.2, 0) is 6.42 Å². The summed E-state index contributed by atoms with van der Waals surface area (Å²) >= 11 is 0. The molecule has 2 N–H and O–H groups in total. The fraction of sp³-hybridized carbons (Fsp3) is 0.267. The van der Waals surface area contributed by atoms with Gasteiger partial charge in [0.25, 0.3) is 0 Å². The van der Waals surface area contributed by atoms with Crippen molar-refractivity contribution in [3.63, 3.8) is 0 Å². The smallest absolute Gasteiger partial charge is 0.128 e. The van der Waals surface area contributed by atoms with E-state index < -0.39 is 0 Å². The molecule has 0 fully saturated rings. The number of rotatable bonds is 3. The molecule has 0 saturated carbocycles. The summed E-state index contributed by atoms with van der Waals surface area (Å²) in [5.74, 6) is -0.226. The number of hydrogen-bond donors (Lipinski definition) is 1. The average Bonchev–Trinajstić information content (AvgIpc) is 2.28. The van der Waals surface area contributed by atoms with Crippen molar-refractivity contribution < 1.29 is 4.39 Å². The van der Waals surface area contributed by atoms with Crippen molar-refractivity contribution in [1.82, 2.24) is 4.98 Å². The second-order valence-corrected chi connectivity index (χ2v) is 4.61. The molecule has 1 unspecified atom stereocenters. The maximum atomic E-state index is 14.0. The van der Waals surface area contributed by atoms with Crippen molar-refractivity contribution in [2.45, 2.75) is 26.3 Å². The number of pyridine rings is 1. The molecule has 94 valence electrons. The van der Waals surface area contributed by atoms with Crippen LogP contribution in [0.4, 0.5) is 4.39 Å². The summed E-state index contributed by atoms with van der Waals surface area (Å²) < 4.78 is 14.0. The lowest BCUT2D eigenvalue weighted by molar-refractivity contribution is 0.574. The third-order valence-electron chi connectivity index (χ3n) is 3.01. The molecule has 0 spiro atoms. The third kappa shape index (κ3) is 2.74. The van der Waals surface area contributed by atoms with Crippen LogP contribution in [-0.4, -0.2) is 4.98 Å². The number of nitrogens with zero attached hydrogens (tertiary/aromatic N) is 1. The lowest BCUT2D eigenvalue weighted by atomic mass is 9.96. The molecule has 0 saturated heterocycles. The van der Waals surface area contributed by atoms with E-state index >= 15 is 0 Å². The van der Waals surface area contributed by atoms with E-state index in [1.807, 2.05) is 38.1 Å². The zero-order chi connectivity index (χ0) is 13.1. The monoisotopic (exact) mass is 244 g/mol. The van der Waals surface area contributed by atoms with Gasteiger partial charge in [-0.1, -0.05) is 12.1 Å². The second-order valence-electron chi connectivity index (χ2n) is 4.61. The van der Waals surface area contributed by atoms with E-state index in [-0.39, 0.29) is 11.9 Å².